The molecule has 1 aliphatic rings. The fraction of sp³-hybridized carbons (Fsp3) is 0.429. The lowest BCUT2D eigenvalue weighted by Gasteiger charge is -2.23. The molecule has 2 heterocycles. The summed E-state index contributed by atoms with van der Waals surface area (Å²) in [6, 6.07) is 7.77. The smallest absolute Gasteiger partial charge is 0.209 e. The summed E-state index contributed by atoms with van der Waals surface area (Å²) >= 11 is 6.89. The summed E-state index contributed by atoms with van der Waals surface area (Å²) in [6.45, 7) is 4.38. The highest BCUT2D eigenvalue weighted by molar-refractivity contribution is 7.73. The Labute approximate surface area is 138 Å². The van der Waals surface area contributed by atoms with E-state index in [0.717, 1.165) is 53.5 Å². The van der Waals surface area contributed by atoms with Gasteiger partial charge in [-0.2, -0.15) is 4.68 Å². The van der Waals surface area contributed by atoms with Crippen molar-refractivity contribution in [2.45, 2.75) is 6.67 Å². The molecule has 1 aromatic heterocycles. The van der Waals surface area contributed by atoms with Gasteiger partial charge in [0.05, 0.1) is 26.0 Å². The van der Waals surface area contributed by atoms with Gasteiger partial charge < -0.3 is 19.7 Å². The van der Waals surface area contributed by atoms with Gasteiger partial charge in [0.15, 0.2) is 10.6 Å². The maximum Gasteiger partial charge on any atom is 0.209 e. The highest BCUT2D eigenvalue weighted by atomic mass is 32.1. The van der Waals surface area contributed by atoms with Crippen molar-refractivity contribution in [3.8, 4) is 5.75 Å². The van der Waals surface area contributed by atoms with E-state index >= 15 is 0 Å². The summed E-state index contributed by atoms with van der Waals surface area (Å²) < 4.78 is 13.4. The number of methoxy groups -OCH3 is 1. The zero-order chi connectivity index (χ0) is 15.4. The molecule has 0 aliphatic carbocycles. The molecule has 0 saturated carbocycles. The molecule has 1 fully saturated rings. The third kappa shape index (κ3) is 3.64. The molecule has 8 heteroatoms. The molecule has 0 radical (unpaired) electrons. The average molecular weight is 339 g/mol. The first-order valence-corrected chi connectivity index (χ1v) is 8.38. The van der Waals surface area contributed by atoms with Crippen LogP contribution in [-0.4, -0.2) is 43.2 Å². The molecule has 6 nitrogen and oxygen atoms in total. The van der Waals surface area contributed by atoms with Crippen LogP contribution in [0.2, 0.25) is 0 Å². The van der Waals surface area contributed by atoms with Crippen molar-refractivity contribution in [2.75, 3.05) is 38.7 Å². The quantitative estimate of drug-likeness (QED) is 0.804. The van der Waals surface area contributed by atoms with Crippen molar-refractivity contribution in [3.05, 3.63) is 28.2 Å². The molecule has 0 atom stereocenters. The van der Waals surface area contributed by atoms with Crippen molar-refractivity contribution < 1.29 is 14.4 Å². The Morgan fingerprint density at radius 1 is 1.41 bits per heavy atom. The maximum absolute atomic E-state index is 5.42. The fourth-order valence-corrected chi connectivity index (χ4v) is 3.37. The van der Waals surface area contributed by atoms with Crippen LogP contribution in [-0.2, 0) is 11.4 Å². The van der Waals surface area contributed by atoms with E-state index in [1.54, 1.807) is 7.11 Å². The Kier molecular flexibility index (Phi) is 5.04. The molecule has 1 aromatic carbocycles. The second-order valence-electron chi connectivity index (χ2n) is 5.02. The SMILES string of the molecule is COc1ccccc1Nc1nn(C[NH+]2CCOCC2)c(=S)s1. The van der Waals surface area contributed by atoms with E-state index in [0.29, 0.717) is 0 Å². The van der Waals surface area contributed by atoms with Gasteiger partial charge in [0.25, 0.3) is 0 Å². The first kappa shape index (κ1) is 15.4. The van der Waals surface area contributed by atoms with Gasteiger partial charge in [-0.15, -0.1) is 5.10 Å². The lowest BCUT2D eigenvalue weighted by molar-refractivity contribution is -0.930. The molecule has 22 heavy (non-hydrogen) atoms. The molecule has 2 aromatic rings. The van der Waals surface area contributed by atoms with Gasteiger partial charge >= 0.3 is 0 Å². The molecule has 0 unspecified atom stereocenters. The van der Waals surface area contributed by atoms with Crippen LogP contribution in [0.25, 0.3) is 0 Å². The number of benzene rings is 1. The van der Waals surface area contributed by atoms with Gasteiger partial charge in [-0.25, -0.2) is 0 Å². The Hall–Kier alpha value is -1.48. The molecule has 3 rings (SSSR count). The van der Waals surface area contributed by atoms with Gasteiger partial charge in [-0.05, 0) is 24.4 Å². The van der Waals surface area contributed by atoms with Crippen LogP contribution >= 0.6 is 23.6 Å². The molecule has 2 N–H and O–H groups in total. The zero-order valence-electron chi connectivity index (χ0n) is 12.4. The third-order valence-electron chi connectivity index (χ3n) is 3.53. The Morgan fingerprint density at radius 2 is 2.18 bits per heavy atom. The van der Waals surface area contributed by atoms with E-state index in [9.17, 15) is 0 Å². The van der Waals surface area contributed by atoms with Crippen molar-refractivity contribution in [1.29, 1.82) is 0 Å². The number of rotatable bonds is 5. The lowest BCUT2D eigenvalue weighted by Crippen LogP contribution is -3.13. The predicted octanol–water partition coefficient (Wildman–Crippen LogP) is 1.30. The molecule has 0 bridgehead atoms. The van der Waals surface area contributed by atoms with Crippen molar-refractivity contribution in [1.82, 2.24) is 9.78 Å². The van der Waals surface area contributed by atoms with E-state index in [1.165, 1.54) is 16.2 Å². The summed E-state index contributed by atoms with van der Waals surface area (Å²) in [5.74, 6) is 0.786. The van der Waals surface area contributed by atoms with Crippen LogP contribution in [0.3, 0.4) is 0 Å². The molecule has 118 valence electrons. The fourth-order valence-electron chi connectivity index (χ4n) is 2.35. The number of morpholine rings is 1. The normalized spacial score (nSPS) is 15.7. The second kappa shape index (κ2) is 7.19. The predicted molar refractivity (Wildman–Crippen MR) is 88.7 cm³/mol. The van der Waals surface area contributed by atoms with Crippen LogP contribution in [0, 0.1) is 3.95 Å². The minimum absolute atomic E-state index is 0.774. The van der Waals surface area contributed by atoms with E-state index < -0.39 is 0 Å². The van der Waals surface area contributed by atoms with Crippen LogP contribution in [0.4, 0.5) is 10.8 Å². The lowest BCUT2D eigenvalue weighted by atomic mass is 10.3. The first-order chi connectivity index (χ1) is 10.8. The molecule has 0 amide bonds. The number of para-hydroxylation sites is 2. The molecule has 1 aliphatic heterocycles. The summed E-state index contributed by atoms with van der Waals surface area (Å²) in [6.07, 6.45) is 0. The number of aromatic nitrogens is 2. The van der Waals surface area contributed by atoms with Crippen LogP contribution in [0.15, 0.2) is 24.3 Å². The highest BCUT2D eigenvalue weighted by Crippen LogP contribution is 2.28. The number of hydrogen-bond acceptors (Lipinski definition) is 6. The van der Waals surface area contributed by atoms with Crippen molar-refractivity contribution in [2.24, 2.45) is 0 Å². The third-order valence-corrected chi connectivity index (χ3v) is 4.75. The summed E-state index contributed by atoms with van der Waals surface area (Å²) in [5, 5.41) is 8.64. The minimum atomic E-state index is 0.774. The van der Waals surface area contributed by atoms with E-state index in [4.69, 9.17) is 21.7 Å². The number of nitrogens with zero attached hydrogens (tertiary/aromatic N) is 2. The van der Waals surface area contributed by atoms with Gasteiger partial charge in [0.2, 0.25) is 5.13 Å². The number of ether oxygens (including phenoxy) is 2. The summed E-state index contributed by atoms with van der Waals surface area (Å²) in [7, 11) is 1.66. The second-order valence-corrected chi connectivity index (χ2v) is 6.64. The Bertz CT molecular complexity index is 679. The van der Waals surface area contributed by atoms with Crippen molar-refractivity contribution in [3.63, 3.8) is 0 Å². The maximum atomic E-state index is 5.42. The number of quaternary nitrogens is 1. The van der Waals surface area contributed by atoms with Gasteiger partial charge in [0, 0.05) is 0 Å². The Morgan fingerprint density at radius 3 is 2.95 bits per heavy atom. The van der Waals surface area contributed by atoms with E-state index in [2.05, 4.69) is 10.4 Å². The molecular weight excluding hydrogens is 320 g/mol. The standard InChI is InChI=1S/C14H18N4O2S2/c1-19-12-5-3-2-4-11(12)15-13-16-18(14(21)22-13)10-17-6-8-20-9-7-17/h2-5H,6-10H2,1H3,(H,15,16)/p+1. The zero-order valence-corrected chi connectivity index (χ0v) is 14.0. The Balaban J connectivity index is 1.73. The molecule has 0 spiro atoms. The van der Waals surface area contributed by atoms with E-state index in [1.807, 2.05) is 28.9 Å². The average Bonchev–Trinajstić information content (AvgIpc) is 2.88. The van der Waals surface area contributed by atoms with Gasteiger partial charge in [-0.1, -0.05) is 23.5 Å². The topological polar surface area (TPSA) is 52.8 Å². The molecule has 1 saturated heterocycles. The summed E-state index contributed by atoms with van der Waals surface area (Å²) in [4.78, 5) is 1.44. The monoisotopic (exact) mass is 339 g/mol. The number of nitrogens with one attached hydrogen (secondary N) is 2. The number of anilines is 2. The van der Waals surface area contributed by atoms with Crippen LogP contribution in [0.1, 0.15) is 0 Å². The number of hydrogen-bond donors (Lipinski definition) is 2. The first-order valence-electron chi connectivity index (χ1n) is 7.15. The molecular formula is C14H19N4O2S2+. The largest absolute Gasteiger partial charge is 0.495 e. The highest BCUT2D eigenvalue weighted by Gasteiger charge is 2.16. The minimum Gasteiger partial charge on any atom is -0.495 e. The van der Waals surface area contributed by atoms with Gasteiger partial charge in [0.1, 0.15) is 18.8 Å². The van der Waals surface area contributed by atoms with Crippen LogP contribution < -0.4 is 15.0 Å². The summed E-state index contributed by atoms with van der Waals surface area (Å²) in [5.41, 5.74) is 0.889. The van der Waals surface area contributed by atoms with E-state index in [-0.39, 0.29) is 0 Å². The van der Waals surface area contributed by atoms with Gasteiger partial charge in [-0.3, -0.25) is 0 Å². The van der Waals surface area contributed by atoms with Crippen molar-refractivity contribution >= 4 is 34.4 Å². The van der Waals surface area contributed by atoms with Crippen LogP contribution in [0.5, 0.6) is 5.75 Å².